The highest BCUT2D eigenvalue weighted by atomic mass is 19.1. The molecule has 0 spiro atoms. The van der Waals surface area contributed by atoms with Crippen LogP contribution in [0.25, 0.3) is 0 Å². The number of aliphatic hydroxyl groups is 1. The number of rotatable bonds is 5. The Balaban J connectivity index is 1.72. The predicted molar refractivity (Wildman–Crippen MR) is 94.1 cm³/mol. The van der Waals surface area contributed by atoms with E-state index in [2.05, 4.69) is 11.8 Å². The lowest BCUT2D eigenvalue weighted by molar-refractivity contribution is -0.103. The van der Waals surface area contributed by atoms with Gasteiger partial charge in [0.25, 0.3) is 0 Å². The van der Waals surface area contributed by atoms with E-state index in [0.717, 1.165) is 18.7 Å². The van der Waals surface area contributed by atoms with E-state index in [4.69, 9.17) is 4.74 Å². The van der Waals surface area contributed by atoms with Crippen LogP contribution in [0.2, 0.25) is 0 Å². The van der Waals surface area contributed by atoms with Gasteiger partial charge in [0.15, 0.2) is 6.23 Å². The minimum absolute atomic E-state index is 0.191. The summed E-state index contributed by atoms with van der Waals surface area (Å²) in [4.78, 5) is 2.19. The van der Waals surface area contributed by atoms with Crippen LogP contribution in [-0.4, -0.2) is 40.0 Å². The first kappa shape index (κ1) is 17.7. The minimum Gasteiger partial charge on any atom is -0.508 e. The van der Waals surface area contributed by atoms with Crippen LogP contribution < -0.4 is 4.74 Å². The van der Waals surface area contributed by atoms with Crippen molar-refractivity contribution in [3.63, 3.8) is 0 Å². The van der Waals surface area contributed by atoms with E-state index in [1.54, 1.807) is 36.4 Å². The third-order valence-electron chi connectivity index (χ3n) is 4.79. The molecule has 0 bridgehead atoms. The minimum atomic E-state index is -0.884. The standard InChI is InChI=1S/C20H24FNO3/c1-2-22-12-11-20(24,13-15-3-5-16(21)6-4-15)14-19(22)25-18-9-7-17(23)8-10-18/h3-10,19,23-24H,2,11-14H2,1H3. The maximum absolute atomic E-state index is 13.1. The Morgan fingerprint density at radius 2 is 1.84 bits per heavy atom. The first-order valence-corrected chi connectivity index (χ1v) is 8.64. The number of halogens is 1. The van der Waals surface area contributed by atoms with E-state index < -0.39 is 5.60 Å². The molecule has 2 atom stereocenters. The normalized spacial score (nSPS) is 24.2. The van der Waals surface area contributed by atoms with Crippen molar-refractivity contribution in [1.82, 2.24) is 4.90 Å². The van der Waals surface area contributed by atoms with Crippen molar-refractivity contribution in [3.05, 3.63) is 59.9 Å². The fourth-order valence-corrected chi connectivity index (χ4v) is 3.35. The predicted octanol–water partition coefficient (Wildman–Crippen LogP) is 3.33. The van der Waals surface area contributed by atoms with Crippen LogP contribution in [0.5, 0.6) is 11.5 Å². The Morgan fingerprint density at radius 3 is 2.48 bits per heavy atom. The second-order valence-corrected chi connectivity index (χ2v) is 6.68. The zero-order valence-electron chi connectivity index (χ0n) is 14.4. The number of likely N-dealkylation sites (tertiary alicyclic amines) is 1. The van der Waals surface area contributed by atoms with Crippen LogP contribution in [0.15, 0.2) is 48.5 Å². The molecule has 5 heteroatoms. The number of piperidine rings is 1. The Hall–Kier alpha value is -2.11. The largest absolute Gasteiger partial charge is 0.508 e. The number of aromatic hydroxyl groups is 1. The lowest BCUT2D eigenvalue weighted by Gasteiger charge is -2.43. The molecule has 1 fully saturated rings. The molecular formula is C20H24FNO3. The number of phenolic OH excluding ortho intramolecular Hbond substituents is 1. The van der Waals surface area contributed by atoms with E-state index in [-0.39, 0.29) is 17.8 Å². The van der Waals surface area contributed by atoms with Crippen LogP contribution in [0.1, 0.15) is 25.3 Å². The summed E-state index contributed by atoms with van der Waals surface area (Å²) >= 11 is 0. The summed E-state index contributed by atoms with van der Waals surface area (Å²) < 4.78 is 19.1. The average Bonchev–Trinajstić information content (AvgIpc) is 2.59. The van der Waals surface area contributed by atoms with E-state index in [9.17, 15) is 14.6 Å². The highest BCUT2D eigenvalue weighted by Crippen LogP contribution is 2.32. The molecular weight excluding hydrogens is 321 g/mol. The van der Waals surface area contributed by atoms with Crippen LogP contribution in [0.4, 0.5) is 4.39 Å². The van der Waals surface area contributed by atoms with E-state index >= 15 is 0 Å². The molecule has 2 N–H and O–H groups in total. The van der Waals surface area contributed by atoms with Crippen molar-refractivity contribution in [3.8, 4) is 11.5 Å². The zero-order valence-corrected chi connectivity index (χ0v) is 14.4. The van der Waals surface area contributed by atoms with Gasteiger partial charge in [-0.05, 0) is 54.9 Å². The number of ether oxygens (including phenoxy) is 1. The molecule has 0 radical (unpaired) electrons. The number of benzene rings is 2. The molecule has 0 aromatic heterocycles. The topological polar surface area (TPSA) is 52.9 Å². The molecule has 0 saturated carbocycles. The molecule has 0 amide bonds. The van der Waals surface area contributed by atoms with E-state index in [1.165, 1.54) is 12.1 Å². The Bertz CT molecular complexity index is 689. The molecule has 4 nitrogen and oxygen atoms in total. The quantitative estimate of drug-likeness (QED) is 0.873. The van der Waals surface area contributed by atoms with Crippen molar-refractivity contribution >= 4 is 0 Å². The number of phenols is 1. The van der Waals surface area contributed by atoms with Gasteiger partial charge in [-0.2, -0.15) is 0 Å². The molecule has 2 unspecified atom stereocenters. The molecule has 2 aromatic carbocycles. The highest BCUT2D eigenvalue weighted by molar-refractivity contribution is 5.30. The van der Waals surface area contributed by atoms with Gasteiger partial charge in [-0.3, -0.25) is 4.90 Å². The van der Waals surface area contributed by atoms with Crippen molar-refractivity contribution in [2.75, 3.05) is 13.1 Å². The molecule has 25 heavy (non-hydrogen) atoms. The smallest absolute Gasteiger partial charge is 0.155 e. The molecule has 3 rings (SSSR count). The number of hydrogen-bond donors (Lipinski definition) is 2. The van der Waals surface area contributed by atoms with Gasteiger partial charge in [-0.1, -0.05) is 19.1 Å². The van der Waals surface area contributed by atoms with Crippen molar-refractivity contribution < 1.29 is 19.3 Å². The highest BCUT2D eigenvalue weighted by Gasteiger charge is 2.39. The van der Waals surface area contributed by atoms with Gasteiger partial charge in [0.05, 0.1) is 5.60 Å². The molecule has 134 valence electrons. The van der Waals surface area contributed by atoms with Crippen LogP contribution in [0.3, 0.4) is 0 Å². The maximum atomic E-state index is 13.1. The van der Waals surface area contributed by atoms with Gasteiger partial charge >= 0.3 is 0 Å². The Kier molecular flexibility index (Phi) is 5.25. The summed E-state index contributed by atoms with van der Waals surface area (Å²) in [7, 11) is 0. The lowest BCUT2D eigenvalue weighted by Crippen LogP contribution is -2.53. The third kappa shape index (κ3) is 4.50. The maximum Gasteiger partial charge on any atom is 0.155 e. The molecule has 1 saturated heterocycles. The lowest BCUT2D eigenvalue weighted by atomic mass is 9.84. The van der Waals surface area contributed by atoms with Gasteiger partial charge < -0.3 is 14.9 Å². The summed E-state index contributed by atoms with van der Waals surface area (Å²) in [6.45, 7) is 3.63. The second-order valence-electron chi connectivity index (χ2n) is 6.68. The van der Waals surface area contributed by atoms with Crippen LogP contribution in [-0.2, 0) is 6.42 Å². The second kappa shape index (κ2) is 7.42. The van der Waals surface area contributed by atoms with E-state index in [0.29, 0.717) is 25.0 Å². The molecule has 0 aliphatic carbocycles. The van der Waals surface area contributed by atoms with Gasteiger partial charge in [0, 0.05) is 19.4 Å². The summed E-state index contributed by atoms with van der Waals surface area (Å²) in [6, 6.07) is 12.9. The monoisotopic (exact) mass is 345 g/mol. The van der Waals surface area contributed by atoms with Gasteiger partial charge in [-0.15, -0.1) is 0 Å². The number of hydrogen-bond acceptors (Lipinski definition) is 4. The molecule has 2 aromatic rings. The summed E-state index contributed by atoms with van der Waals surface area (Å²) in [6.07, 6.45) is 1.35. The molecule has 1 aliphatic heterocycles. The summed E-state index contributed by atoms with van der Waals surface area (Å²) in [5.41, 5.74) is 0.0303. The fraction of sp³-hybridized carbons (Fsp3) is 0.400. The van der Waals surface area contributed by atoms with Gasteiger partial charge in [0.1, 0.15) is 17.3 Å². The van der Waals surface area contributed by atoms with E-state index in [1.807, 2.05) is 0 Å². The first-order chi connectivity index (χ1) is 12.0. The third-order valence-corrected chi connectivity index (χ3v) is 4.79. The van der Waals surface area contributed by atoms with Gasteiger partial charge in [-0.25, -0.2) is 4.39 Å². The Morgan fingerprint density at radius 1 is 1.16 bits per heavy atom. The van der Waals surface area contributed by atoms with Crippen molar-refractivity contribution in [2.45, 2.75) is 38.0 Å². The first-order valence-electron chi connectivity index (χ1n) is 8.64. The van der Waals surface area contributed by atoms with Crippen molar-refractivity contribution in [1.29, 1.82) is 0 Å². The molecule has 1 aliphatic rings. The average molecular weight is 345 g/mol. The zero-order chi connectivity index (χ0) is 17.9. The summed E-state index contributed by atoms with van der Waals surface area (Å²) in [5, 5.41) is 20.5. The van der Waals surface area contributed by atoms with Crippen molar-refractivity contribution in [2.24, 2.45) is 0 Å². The van der Waals surface area contributed by atoms with Gasteiger partial charge in [0.2, 0.25) is 0 Å². The number of nitrogens with zero attached hydrogens (tertiary/aromatic N) is 1. The molecule has 1 heterocycles. The van der Waals surface area contributed by atoms with Crippen LogP contribution in [0, 0.1) is 5.82 Å². The SMILES string of the molecule is CCN1CCC(O)(Cc2ccc(F)cc2)CC1Oc1ccc(O)cc1. The van der Waals surface area contributed by atoms with Crippen LogP contribution >= 0.6 is 0 Å². The fourth-order valence-electron chi connectivity index (χ4n) is 3.35. The Labute approximate surface area is 147 Å². The summed E-state index contributed by atoms with van der Waals surface area (Å²) in [5.74, 6) is 0.577.